The second-order valence-electron chi connectivity index (χ2n) is 9.22. The molecule has 0 spiro atoms. The van der Waals surface area contributed by atoms with E-state index in [0.717, 1.165) is 25.6 Å². The first-order valence-electron chi connectivity index (χ1n) is 11.9. The number of carbonyl (C=O) groups is 1. The van der Waals surface area contributed by atoms with E-state index >= 15 is 0 Å². The highest BCUT2D eigenvalue weighted by Gasteiger charge is 2.39. The maximum atomic E-state index is 13.6. The molecule has 0 aliphatic heterocycles. The van der Waals surface area contributed by atoms with Crippen LogP contribution in [0.2, 0.25) is 0 Å². The maximum absolute atomic E-state index is 13.6. The molecule has 36 heavy (non-hydrogen) atoms. The van der Waals surface area contributed by atoms with Crippen LogP contribution in [0.5, 0.6) is 0 Å². The lowest BCUT2D eigenvalue weighted by Gasteiger charge is -2.25. The van der Waals surface area contributed by atoms with E-state index in [1.54, 1.807) is 13.0 Å². The first kappa shape index (κ1) is 26.1. The number of aromatic nitrogens is 3. The minimum atomic E-state index is -4.72. The molecule has 12 heteroatoms. The second-order valence-corrected chi connectivity index (χ2v) is 9.95. The van der Waals surface area contributed by atoms with Crippen molar-refractivity contribution in [2.45, 2.75) is 62.9 Å². The number of hydrogen-bond donors (Lipinski definition) is 3. The van der Waals surface area contributed by atoms with E-state index < -0.39 is 23.5 Å². The lowest BCUT2D eigenvalue weighted by molar-refractivity contribution is -0.141. The van der Waals surface area contributed by atoms with E-state index in [1.807, 2.05) is 0 Å². The molecule has 2 aromatic rings. The zero-order chi connectivity index (χ0) is 25.9. The van der Waals surface area contributed by atoms with Crippen LogP contribution in [0.25, 0.3) is 5.57 Å². The average Bonchev–Trinajstić information content (AvgIpc) is 3.33. The van der Waals surface area contributed by atoms with Crippen molar-refractivity contribution in [3.63, 3.8) is 0 Å². The number of rotatable bonds is 9. The SMILES string of the molecule is C=C(/N=C\C=C(/C)c1nc(C(=O)Nc2cn([C@H]3CC[C@H](S)CC3)nc2C(F)(F)F)co1)NCC1CC1. The third-order valence-corrected chi connectivity index (χ3v) is 6.73. The van der Waals surface area contributed by atoms with Crippen LogP contribution in [-0.4, -0.2) is 38.7 Å². The lowest BCUT2D eigenvalue weighted by Crippen LogP contribution is -2.19. The van der Waals surface area contributed by atoms with Gasteiger partial charge in [0.1, 0.15) is 12.1 Å². The summed E-state index contributed by atoms with van der Waals surface area (Å²) < 4.78 is 47.5. The Bertz CT molecular complexity index is 1160. The molecule has 0 atom stereocenters. The van der Waals surface area contributed by atoms with Crippen LogP contribution in [0.3, 0.4) is 0 Å². The molecule has 2 N–H and O–H groups in total. The van der Waals surface area contributed by atoms with Crippen molar-refractivity contribution >= 4 is 36.0 Å². The van der Waals surface area contributed by atoms with E-state index in [0.29, 0.717) is 30.2 Å². The Hall–Kier alpha value is -3.02. The zero-order valence-corrected chi connectivity index (χ0v) is 20.8. The van der Waals surface area contributed by atoms with Crippen LogP contribution < -0.4 is 10.6 Å². The fraction of sp³-hybridized carbons (Fsp3) is 0.500. The molecule has 8 nitrogen and oxygen atoms in total. The summed E-state index contributed by atoms with van der Waals surface area (Å²) in [6, 6.07) is -0.173. The first-order valence-corrected chi connectivity index (χ1v) is 12.4. The fourth-order valence-corrected chi connectivity index (χ4v) is 4.19. The van der Waals surface area contributed by atoms with Gasteiger partial charge in [-0.25, -0.2) is 9.98 Å². The Morgan fingerprint density at radius 1 is 1.31 bits per heavy atom. The number of thiol groups is 1. The molecule has 0 radical (unpaired) electrons. The molecule has 2 fully saturated rings. The van der Waals surface area contributed by atoms with Crippen LogP contribution in [0.4, 0.5) is 18.9 Å². The molecule has 2 aliphatic carbocycles. The van der Waals surface area contributed by atoms with Crippen molar-refractivity contribution in [3.8, 4) is 0 Å². The molecule has 2 aliphatic rings. The highest BCUT2D eigenvalue weighted by molar-refractivity contribution is 7.80. The number of hydrogen-bond acceptors (Lipinski definition) is 7. The summed E-state index contributed by atoms with van der Waals surface area (Å²) in [7, 11) is 0. The molecule has 4 rings (SSSR count). The molecule has 0 bridgehead atoms. The van der Waals surface area contributed by atoms with Crippen molar-refractivity contribution in [2.24, 2.45) is 10.9 Å². The maximum Gasteiger partial charge on any atom is 0.437 e. The normalized spacial score (nSPS) is 21.1. The van der Waals surface area contributed by atoms with Crippen LogP contribution in [0.15, 0.2) is 40.3 Å². The zero-order valence-electron chi connectivity index (χ0n) is 19.9. The number of nitrogens with one attached hydrogen (secondary N) is 2. The van der Waals surface area contributed by atoms with Crippen LogP contribution >= 0.6 is 12.6 Å². The Kier molecular flexibility index (Phi) is 7.91. The summed E-state index contributed by atoms with van der Waals surface area (Å²) in [4.78, 5) is 21.0. The lowest BCUT2D eigenvalue weighted by atomic mass is 9.95. The van der Waals surface area contributed by atoms with Crippen LogP contribution in [0.1, 0.15) is 73.6 Å². The Morgan fingerprint density at radius 3 is 2.69 bits per heavy atom. The van der Waals surface area contributed by atoms with E-state index in [-0.39, 0.29) is 22.9 Å². The molecule has 0 aromatic carbocycles. The van der Waals surface area contributed by atoms with Crippen molar-refractivity contribution < 1.29 is 22.4 Å². The predicted octanol–water partition coefficient (Wildman–Crippen LogP) is 5.50. The third kappa shape index (κ3) is 6.80. The molecule has 2 aromatic heterocycles. The molecular weight excluding hydrogens is 493 g/mol. The van der Waals surface area contributed by atoms with Crippen LogP contribution in [-0.2, 0) is 6.18 Å². The summed E-state index contributed by atoms with van der Waals surface area (Å²) in [6.07, 6.45) is 6.16. The monoisotopic (exact) mass is 522 g/mol. The highest BCUT2D eigenvalue weighted by atomic mass is 32.1. The van der Waals surface area contributed by atoms with Gasteiger partial charge in [-0.05, 0) is 57.4 Å². The third-order valence-electron chi connectivity index (χ3n) is 6.21. The van der Waals surface area contributed by atoms with Gasteiger partial charge in [0.05, 0.1) is 11.7 Å². The summed E-state index contributed by atoms with van der Waals surface area (Å²) >= 11 is 4.43. The number of halogens is 3. The Morgan fingerprint density at radius 2 is 2.03 bits per heavy atom. The van der Waals surface area contributed by atoms with Gasteiger partial charge in [0.2, 0.25) is 5.89 Å². The van der Waals surface area contributed by atoms with Gasteiger partial charge in [0.25, 0.3) is 5.91 Å². The number of amides is 1. The molecule has 1 amide bonds. The number of aliphatic imine (C=N–C) groups is 1. The molecule has 194 valence electrons. The number of carbonyl (C=O) groups excluding carboxylic acids is 1. The number of nitrogens with zero attached hydrogens (tertiary/aromatic N) is 4. The minimum Gasteiger partial charge on any atom is -0.444 e. The van der Waals surface area contributed by atoms with Gasteiger partial charge >= 0.3 is 6.18 Å². The average molecular weight is 523 g/mol. The smallest absolute Gasteiger partial charge is 0.437 e. The topological polar surface area (TPSA) is 97.3 Å². The number of anilines is 1. The van der Waals surface area contributed by atoms with Crippen molar-refractivity contribution in [3.05, 3.63) is 48.2 Å². The number of allylic oxidation sites excluding steroid dienone is 2. The van der Waals surface area contributed by atoms with E-state index in [4.69, 9.17) is 4.42 Å². The van der Waals surface area contributed by atoms with Crippen molar-refractivity contribution in [1.29, 1.82) is 0 Å². The predicted molar refractivity (Wildman–Crippen MR) is 134 cm³/mol. The van der Waals surface area contributed by atoms with E-state index in [9.17, 15) is 18.0 Å². The molecule has 0 saturated heterocycles. The van der Waals surface area contributed by atoms with E-state index in [2.05, 4.69) is 44.9 Å². The number of alkyl halides is 3. The molecular formula is C24H29F3N6O2S. The van der Waals surface area contributed by atoms with Gasteiger partial charge in [-0.3, -0.25) is 9.48 Å². The summed E-state index contributed by atoms with van der Waals surface area (Å²) in [6.45, 7) is 6.39. The summed E-state index contributed by atoms with van der Waals surface area (Å²) in [5.41, 5.74) is -1.13. The Balaban J connectivity index is 1.41. The highest BCUT2D eigenvalue weighted by Crippen LogP contribution is 2.37. The first-order chi connectivity index (χ1) is 17.1. The minimum absolute atomic E-state index is 0.151. The summed E-state index contributed by atoms with van der Waals surface area (Å²) in [5, 5.41) is 9.43. The van der Waals surface area contributed by atoms with Crippen molar-refractivity contribution in [2.75, 3.05) is 11.9 Å². The van der Waals surface area contributed by atoms with Gasteiger partial charge in [0, 0.05) is 29.8 Å². The molecule has 2 saturated carbocycles. The van der Waals surface area contributed by atoms with Gasteiger partial charge in [-0.2, -0.15) is 30.9 Å². The van der Waals surface area contributed by atoms with Crippen LogP contribution in [0, 0.1) is 5.92 Å². The van der Waals surface area contributed by atoms with Gasteiger partial charge < -0.3 is 15.1 Å². The van der Waals surface area contributed by atoms with Gasteiger partial charge in [-0.1, -0.05) is 6.58 Å². The molecule has 0 unspecified atom stereocenters. The number of oxazole rings is 1. The van der Waals surface area contributed by atoms with E-state index in [1.165, 1.54) is 29.9 Å². The Labute approximate surface area is 212 Å². The summed E-state index contributed by atoms with van der Waals surface area (Å²) in [5.74, 6) is 0.561. The van der Waals surface area contributed by atoms with Crippen molar-refractivity contribution in [1.82, 2.24) is 20.1 Å². The fourth-order valence-electron chi connectivity index (χ4n) is 3.89. The van der Waals surface area contributed by atoms with Gasteiger partial charge in [0.15, 0.2) is 11.4 Å². The largest absolute Gasteiger partial charge is 0.444 e. The molecule has 2 heterocycles. The quantitative estimate of drug-likeness (QED) is 0.299. The van der Waals surface area contributed by atoms with Gasteiger partial charge in [-0.15, -0.1) is 0 Å². The standard InChI is InChI=1S/C24H29F3N6O2S/c1-14(9-10-28-15(2)29-11-16-3-4-16)23-31-20(13-35-23)22(34)30-19-12-33(32-21(19)24(25,26)27)17-5-7-18(36)8-6-17/h9-10,12-13,16-18,29,36H,2-8,11H2,1H3,(H,30,34)/b14-9+,28-10-/t17-,18-. The second kappa shape index (κ2) is 10.9.